The Morgan fingerprint density at radius 2 is 2.05 bits per heavy atom. The van der Waals surface area contributed by atoms with Crippen molar-refractivity contribution < 1.29 is 0 Å². The average Bonchev–Trinajstić information content (AvgIpc) is 2.92. The summed E-state index contributed by atoms with van der Waals surface area (Å²) in [6, 6.07) is 6.39. The molecule has 3 heteroatoms. The fourth-order valence-electron chi connectivity index (χ4n) is 3.97. The number of aromatic nitrogens is 1. The number of rotatable bonds is 3. The van der Waals surface area contributed by atoms with Gasteiger partial charge in [-0.05, 0) is 45.2 Å². The second kappa shape index (κ2) is 5.69. The monoisotopic (exact) mass is 287 g/mol. The first-order chi connectivity index (χ1) is 10.1. The number of piperazine rings is 1. The minimum Gasteiger partial charge on any atom is -0.308 e. The molecule has 1 aromatic heterocycles. The Morgan fingerprint density at radius 1 is 1.29 bits per heavy atom. The van der Waals surface area contributed by atoms with Crippen LogP contribution in [-0.4, -0.2) is 34.1 Å². The standard InChI is InChI=1S/C18H29N3/c1-4-17(3)13-19-18(10-5-6-11-18)14-21(17)12-16-9-7-8-15(2)20-16/h7-9,19H,4-6,10-14H2,1-3H3. The van der Waals surface area contributed by atoms with Gasteiger partial charge in [0.15, 0.2) is 0 Å². The lowest BCUT2D eigenvalue weighted by molar-refractivity contribution is 0.00689. The summed E-state index contributed by atoms with van der Waals surface area (Å²) in [5, 5.41) is 3.90. The summed E-state index contributed by atoms with van der Waals surface area (Å²) in [6.45, 7) is 10.1. The Morgan fingerprint density at radius 3 is 2.71 bits per heavy atom. The topological polar surface area (TPSA) is 28.2 Å². The Hall–Kier alpha value is -0.930. The van der Waals surface area contributed by atoms with E-state index >= 15 is 0 Å². The first-order valence-corrected chi connectivity index (χ1v) is 8.48. The van der Waals surface area contributed by atoms with Crippen molar-refractivity contribution in [2.75, 3.05) is 13.1 Å². The zero-order valence-electron chi connectivity index (χ0n) is 13.8. The number of hydrogen-bond acceptors (Lipinski definition) is 3. The van der Waals surface area contributed by atoms with Crippen LogP contribution in [0, 0.1) is 6.92 Å². The van der Waals surface area contributed by atoms with Gasteiger partial charge in [0.1, 0.15) is 0 Å². The first-order valence-electron chi connectivity index (χ1n) is 8.48. The first kappa shape index (κ1) is 15.0. The van der Waals surface area contributed by atoms with Crippen molar-refractivity contribution in [2.24, 2.45) is 0 Å². The van der Waals surface area contributed by atoms with Crippen molar-refractivity contribution in [1.82, 2.24) is 15.2 Å². The van der Waals surface area contributed by atoms with Gasteiger partial charge in [-0.1, -0.05) is 25.8 Å². The summed E-state index contributed by atoms with van der Waals surface area (Å²) in [5.41, 5.74) is 2.96. The van der Waals surface area contributed by atoms with Crippen molar-refractivity contribution in [3.63, 3.8) is 0 Å². The van der Waals surface area contributed by atoms with Gasteiger partial charge < -0.3 is 5.32 Å². The molecular weight excluding hydrogens is 258 g/mol. The molecule has 1 saturated carbocycles. The minimum absolute atomic E-state index is 0.249. The molecule has 0 amide bonds. The van der Waals surface area contributed by atoms with Crippen molar-refractivity contribution in [3.05, 3.63) is 29.6 Å². The quantitative estimate of drug-likeness (QED) is 0.925. The molecule has 1 aliphatic carbocycles. The molecule has 0 radical (unpaired) electrons. The third kappa shape index (κ3) is 3.00. The molecule has 1 spiro atoms. The smallest absolute Gasteiger partial charge is 0.0547 e. The fraction of sp³-hybridized carbons (Fsp3) is 0.722. The molecule has 116 valence electrons. The lowest BCUT2D eigenvalue weighted by Gasteiger charge is -2.52. The molecule has 0 bridgehead atoms. The molecule has 1 saturated heterocycles. The highest BCUT2D eigenvalue weighted by molar-refractivity contribution is 5.12. The lowest BCUT2D eigenvalue weighted by atomic mass is 9.85. The molecular formula is C18H29N3. The van der Waals surface area contributed by atoms with E-state index in [1.807, 2.05) is 0 Å². The van der Waals surface area contributed by atoms with E-state index in [4.69, 9.17) is 4.98 Å². The highest BCUT2D eigenvalue weighted by Gasteiger charge is 2.45. The molecule has 1 N–H and O–H groups in total. The van der Waals surface area contributed by atoms with Gasteiger partial charge in [-0.2, -0.15) is 0 Å². The van der Waals surface area contributed by atoms with Crippen molar-refractivity contribution >= 4 is 0 Å². The zero-order valence-corrected chi connectivity index (χ0v) is 13.8. The van der Waals surface area contributed by atoms with E-state index in [9.17, 15) is 0 Å². The Balaban J connectivity index is 1.80. The van der Waals surface area contributed by atoms with Gasteiger partial charge in [0.05, 0.1) is 5.69 Å². The van der Waals surface area contributed by atoms with Crippen LogP contribution < -0.4 is 5.32 Å². The minimum atomic E-state index is 0.249. The average molecular weight is 287 g/mol. The van der Waals surface area contributed by atoms with Gasteiger partial charge in [-0.25, -0.2) is 0 Å². The summed E-state index contributed by atoms with van der Waals surface area (Å²) in [4.78, 5) is 7.41. The van der Waals surface area contributed by atoms with E-state index in [0.717, 1.165) is 18.8 Å². The molecule has 1 atom stereocenters. The highest BCUT2D eigenvalue weighted by atomic mass is 15.3. The fourth-order valence-corrected chi connectivity index (χ4v) is 3.97. The van der Waals surface area contributed by atoms with Gasteiger partial charge >= 0.3 is 0 Å². The van der Waals surface area contributed by atoms with Gasteiger partial charge in [-0.15, -0.1) is 0 Å². The van der Waals surface area contributed by atoms with Crippen LogP contribution in [0.3, 0.4) is 0 Å². The summed E-state index contributed by atoms with van der Waals surface area (Å²) in [7, 11) is 0. The van der Waals surface area contributed by atoms with Crippen molar-refractivity contribution in [2.45, 2.75) is 70.5 Å². The molecule has 2 aliphatic rings. The maximum Gasteiger partial charge on any atom is 0.0547 e. The van der Waals surface area contributed by atoms with E-state index in [1.165, 1.54) is 44.3 Å². The Labute approximate surface area is 129 Å². The maximum atomic E-state index is 4.72. The number of nitrogens with zero attached hydrogens (tertiary/aromatic N) is 2. The molecule has 3 nitrogen and oxygen atoms in total. The summed E-state index contributed by atoms with van der Waals surface area (Å²) in [5.74, 6) is 0. The predicted molar refractivity (Wildman–Crippen MR) is 87.3 cm³/mol. The van der Waals surface area contributed by atoms with Crippen LogP contribution in [0.15, 0.2) is 18.2 Å². The molecule has 3 rings (SSSR count). The van der Waals surface area contributed by atoms with E-state index in [1.54, 1.807) is 0 Å². The van der Waals surface area contributed by atoms with Crippen LogP contribution >= 0.6 is 0 Å². The predicted octanol–water partition coefficient (Wildman–Crippen LogP) is 3.28. The zero-order chi connectivity index (χ0) is 14.9. The third-order valence-electron chi connectivity index (χ3n) is 5.72. The van der Waals surface area contributed by atoms with Crippen LogP contribution in [0.4, 0.5) is 0 Å². The van der Waals surface area contributed by atoms with Gasteiger partial charge in [-0.3, -0.25) is 9.88 Å². The molecule has 1 unspecified atom stereocenters. The number of nitrogens with one attached hydrogen (secondary N) is 1. The van der Waals surface area contributed by atoms with Crippen LogP contribution in [0.25, 0.3) is 0 Å². The van der Waals surface area contributed by atoms with Gasteiger partial charge in [0.2, 0.25) is 0 Å². The third-order valence-corrected chi connectivity index (χ3v) is 5.72. The van der Waals surface area contributed by atoms with Crippen LogP contribution in [0.2, 0.25) is 0 Å². The van der Waals surface area contributed by atoms with Gasteiger partial charge in [0, 0.05) is 36.4 Å². The summed E-state index contributed by atoms with van der Waals surface area (Å²) < 4.78 is 0. The normalized spacial score (nSPS) is 29.1. The SMILES string of the molecule is CCC1(C)CNC2(CCCC2)CN1Cc1cccc(C)n1. The maximum absolute atomic E-state index is 4.72. The summed E-state index contributed by atoms with van der Waals surface area (Å²) >= 11 is 0. The molecule has 21 heavy (non-hydrogen) atoms. The van der Waals surface area contributed by atoms with E-state index in [0.29, 0.717) is 5.54 Å². The second-order valence-electron chi connectivity index (χ2n) is 7.32. The number of aryl methyl sites for hydroxylation is 1. The lowest BCUT2D eigenvalue weighted by Crippen LogP contribution is -2.67. The van der Waals surface area contributed by atoms with Crippen LogP contribution in [0.1, 0.15) is 57.3 Å². The van der Waals surface area contributed by atoms with E-state index in [2.05, 4.69) is 49.2 Å². The van der Waals surface area contributed by atoms with Crippen LogP contribution in [-0.2, 0) is 6.54 Å². The van der Waals surface area contributed by atoms with Crippen molar-refractivity contribution in [3.8, 4) is 0 Å². The molecule has 1 aliphatic heterocycles. The molecule has 2 fully saturated rings. The van der Waals surface area contributed by atoms with Crippen molar-refractivity contribution in [1.29, 1.82) is 0 Å². The van der Waals surface area contributed by atoms with Crippen LogP contribution in [0.5, 0.6) is 0 Å². The van der Waals surface area contributed by atoms with E-state index in [-0.39, 0.29) is 5.54 Å². The van der Waals surface area contributed by atoms with Gasteiger partial charge in [0.25, 0.3) is 0 Å². The van der Waals surface area contributed by atoms with E-state index < -0.39 is 0 Å². The number of hydrogen-bond donors (Lipinski definition) is 1. The second-order valence-corrected chi connectivity index (χ2v) is 7.32. The molecule has 2 heterocycles. The number of pyridine rings is 1. The Kier molecular flexibility index (Phi) is 4.06. The highest BCUT2D eigenvalue weighted by Crippen LogP contribution is 2.37. The Bertz CT molecular complexity index is 493. The summed E-state index contributed by atoms with van der Waals surface area (Å²) in [6.07, 6.45) is 6.62. The largest absolute Gasteiger partial charge is 0.308 e. The molecule has 0 aromatic carbocycles. The molecule has 1 aromatic rings.